The molecule has 0 radical (unpaired) electrons. The number of nitrogens with one attached hydrogen (secondary N) is 3. The Morgan fingerprint density at radius 1 is 0.933 bits per heavy atom. The third-order valence-corrected chi connectivity index (χ3v) is 4.38. The molecule has 9 N–H and O–H groups in total. The molecule has 4 atom stereocenters. The Bertz CT molecular complexity index is 632. The van der Waals surface area contributed by atoms with Crippen molar-refractivity contribution in [3.8, 4) is 0 Å². The number of carboxylic acids is 1. The zero-order valence-electron chi connectivity index (χ0n) is 17.0. The lowest BCUT2D eigenvalue weighted by Crippen LogP contribution is -2.58. The second kappa shape index (κ2) is 13.8. The third-order valence-electron chi connectivity index (χ3n) is 3.98. The minimum atomic E-state index is -1.38. The Kier molecular flexibility index (Phi) is 12.7. The number of aliphatic hydroxyl groups is 1. The Labute approximate surface area is 179 Å². The standard InChI is InChI=1S/C17H31N5O7S/c1-8(2)5-11(15(26)20-10(17(28)29)3-4-13(19)24)21-16(27)12(6-23)22-14(25)9(18)7-30/h8-12,23,30H,3-7,18H2,1-2H3,(H2,19,24)(H,20,26)(H,21,27)(H,22,25)(H,28,29). The van der Waals surface area contributed by atoms with E-state index in [1.807, 2.05) is 0 Å². The topological polar surface area (TPSA) is 214 Å². The quantitative estimate of drug-likeness (QED) is 0.128. The number of nitrogens with two attached hydrogens (primary N) is 2. The van der Waals surface area contributed by atoms with Gasteiger partial charge in [-0.15, -0.1) is 0 Å². The van der Waals surface area contributed by atoms with Crippen LogP contribution in [0.2, 0.25) is 0 Å². The number of carbonyl (C=O) groups is 5. The zero-order chi connectivity index (χ0) is 23.4. The van der Waals surface area contributed by atoms with E-state index in [-0.39, 0.29) is 30.9 Å². The van der Waals surface area contributed by atoms with E-state index in [4.69, 9.17) is 11.5 Å². The van der Waals surface area contributed by atoms with Gasteiger partial charge in [0.1, 0.15) is 18.1 Å². The highest BCUT2D eigenvalue weighted by Crippen LogP contribution is 2.07. The maximum atomic E-state index is 12.6. The van der Waals surface area contributed by atoms with Crippen molar-refractivity contribution < 1.29 is 34.2 Å². The summed E-state index contributed by atoms with van der Waals surface area (Å²) < 4.78 is 0. The molecule has 0 aliphatic rings. The van der Waals surface area contributed by atoms with Crippen molar-refractivity contribution in [2.45, 2.75) is 57.3 Å². The third kappa shape index (κ3) is 10.4. The Morgan fingerprint density at radius 2 is 1.43 bits per heavy atom. The number of thiol groups is 1. The van der Waals surface area contributed by atoms with E-state index in [0.29, 0.717) is 0 Å². The lowest BCUT2D eigenvalue weighted by Gasteiger charge is -2.25. The number of aliphatic carboxylic acids is 1. The molecular weight excluding hydrogens is 418 g/mol. The maximum absolute atomic E-state index is 12.6. The largest absolute Gasteiger partial charge is 0.480 e. The fraction of sp³-hybridized carbons (Fsp3) is 0.706. The molecule has 0 rings (SSSR count). The number of amides is 4. The Hall–Kier alpha value is -2.38. The average molecular weight is 450 g/mol. The highest BCUT2D eigenvalue weighted by atomic mass is 32.1. The van der Waals surface area contributed by atoms with Gasteiger partial charge in [0.2, 0.25) is 23.6 Å². The van der Waals surface area contributed by atoms with Crippen LogP contribution in [0.15, 0.2) is 0 Å². The van der Waals surface area contributed by atoms with Crippen LogP contribution in [0, 0.1) is 5.92 Å². The monoisotopic (exact) mass is 449 g/mol. The van der Waals surface area contributed by atoms with Gasteiger partial charge in [0.25, 0.3) is 0 Å². The number of rotatable bonds is 14. The second-order valence-electron chi connectivity index (χ2n) is 7.13. The molecule has 0 aliphatic heterocycles. The lowest BCUT2D eigenvalue weighted by molar-refractivity contribution is -0.142. The van der Waals surface area contributed by atoms with Crippen LogP contribution in [0.1, 0.15) is 33.1 Å². The van der Waals surface area contributed by atoms with Crippen molar-refractivity contribution in [2.75, 3.05) is 12.4 Å². The average Bonchev–Trinajstić information content (AvgIpc) is 2.66. The van der Waals surface area contributed by atoms with Crippen LogP contribution in [-0.4, -0.2) is 76.3 Å². The summed E-state index contributed by atoms with van der Waals surface area (Å²) in [6, 6.07) is -4.88. The summed E-state index contributed by atoms with van der Waals surface area (Å²) in [4.78, 5) is 59.1. The molecule has 0 saturated carbocycles. The summed E-state index contributed by atoms with van der Waals surface area (Å²) in [5.74, 6) is -4.46. The van der Waals surface area contributed by atoms with Crippen LogP contribution in [0.4, 0.5) is 0 Å². The van der Waals surface area contributed by atoms with Crippen molar-refractivity contribution in [1.82, 2.24) is 16.0 Å². The molecule has 0 aromatic heterocycles. The second-order valence-corrected chi connectivity index (χ2v) is 7.49. The minimum absolute atomic E-state index is 0.0197. The maximum Gasteiger partial charge on any atom is 0.326 e. The van der Waals surface area contributed by atoms with Gasteiger partial charge in [0.05, 0.1) is 12.6 Å². The van der Waals surface area contributed by atoms with Gasteiger partial charge in [-0.25, -0.2) is 4.79 Å². The molecule has 0 aliphatic carbocycles. The molecule has 13 heteroatoms. The van der Waals surface area contributed by atoms with E-state index in [0.717, 1.165) is 0 Å². The highest BCUT2D eigenvalue weighted by molar-refractivity contribution is 7.80. The summed E-state index contributed by atoms with van der Waals surface area (Å²) in [5.41, 5.74) is 10.5. The first kappa shape index (κ1) is 27.6. The SMILES string of the molecule is CC(C)CC(NC(=O)C(CO)NC(=O)C(N)CS)C(=O)NC(CCC(N)=O)C(=O)O. The van der Waals surface area contributed by atoms with Gasteiger partial charge in [-0.1, -0.05) is 13.8 Å². The summed E-state index contributed by atoms with van der Waals surface area (Å²) in [7, 11) is 0. The van der Waals surface area contributed by atoms with E-state index in [2.05, 4.69) is 28.6 Å². The van der Waals surface area contributed by atoms with E-state index in [9.17, 15) is 34.2 Å². The first-order valence-corrected chi connectivity index (χ1v) is 9.95. The highest BCUT2D eigenvalue weighted by Gasteiger charge is 2.30. The predicted molar refractivity (Wildman–Crippen MR) is 110 cm³/mol. The van der Waals surface area contributed by atoms with Crippen LogP contribution in [0.3, 0.4) is 0 Å². The first-order valence-electron chi connectivity index (χ1n) is 9.32. The molecule has 172 valence electrons. The normalized spacial score (nSPS) is 14.9. The van der Waals surface area contributed by atoms with Gasteiger partial charge < -0.3 is 37.6 Å². The van der Waals surface area contributed by atoms with Crippen molar-refractivity contribution in [3.63, 3.8) is 0 Å². The first-order chi connectivity index (χ1) is 13.9. The van der Waals surface area contributed by atoms with Gasteiger partial charge in [-0.05, 0) is 18.8 Å². The molecule has 0 aromatic rings. The molecule has 0 fully saturated rings. The van der Waals surface area contributed by atoms with Crippen LogP contribution >= 0.6 is 12.6 Å². The van der Waals surface area contributed by atoms with Gasteiger partial charge in [-0.3, -0.25) is 19.2 Å². The van der Waals surface area contributed by atoms with Gasteiger partial charge in [0, 0.05) is 12.2 Å². The molecule has 4 amide bonds. The van der Waals surface area contributed by atoms with Crippen molar-refractivity contribution in [2.24, 2.45) is 17.4 Å². The van der Waals surface area contributed by atoms with Gasteiger partial charge in [-0.2, -0.15) is 12.6 Å². The van der Waals surface area contributed by atoms with Crippen LogP contribution < -0.4 is 27.4 Å². The smallest absolute Gasteiger partial charge is 0.326 e. The number of carboxylic acid groups (broad SMARTS) is 1. The van der Waals surface area contributed by atoms with E-state index in [1.54, 1.807) is 13.8 Å². The van der Waals surface area contributed by atoms with Gasteiger partial charge in [0.15, 0.2) is 0 Å². The van der Waals surface area contributed by atoms with Crippen LogP contribution in [0.5, 0.6) is 0 Å². The summed E-state index contributed by atoms with van der Waals surface area (Å²) in [5, 5.41) is 25.6. The molecular formula is C17H31N5O7S. The number of aliphatic hydroxyl groups excluding tert-OH is 1. The minimum Gasteiger partial charge on any atom is -0.480 e. The fourth-order valence-corrected chi connectivity index (χ4v) is 2.51. The van der Waals surface area contributed by atoms with Crippen molar-refractivity contribution >= 4 is 42.2 Å². The summed E-state index contributed by atoms with van der Waals surface area (Å²) in [6.45, 7) is 2.82. The summed E-state index contributed by atoms with van der Waals surface area (Å²) >= 11 is 3.88. The predicted octanol–water partition coefficient (Wildman–Crippen LogP) is -2.91. The number of carbonyl (C=O) groups excluding carboxylic acids is 4. The fourth-order valence-electron chi connectivity index (χ4n) is 2.35. The van der Waals surface area contributed by atoms with Crippen molar-refractivity contribution in [3.05, 3.63) is 0 Å². The number of hydrogen-bond donors (Lipinski definition) is 8. The summed E-state index contributed by atoms with van der Waals surface area (Å²) in [6.07, 6.45) is -0.305. The molecule has 12 nitrogen and oxygen atoms in total. The van der Waals surface area contributed by atoms with Crippen LogP contribution in [-0.2, 0) is 24.0 Å². The molecule has 4 unspecified atom stereocenters. The van der Waals surface area contributed by atoms with Gasteiger partial charge >= 0.3 is 5.97 Å². The number of hydrogen-bond acceptors (Lipinski definition) is 8. The molecule has 0 heterocycles. The van der Waals surface area contributed by atoms with Crippen LogP contribution in [0.25, 0.3) is 0 Å². The molecule has 0 saturated heterocycles. The lowest BCUT2D eigenvalue weighted by atomic mass is 10.0. The molecule has 0 spiro atoms. The van der Waals surface area contributed by atoms with Crippen molar-refractivity contribution in [1.29, 1.82) is 0 Å². The molecule has 0 aromatic carbocycles. The van der Waals surface area contributed by atoms with E-state index >= 15 is 0 Å². The zero-order valence-corrected chi connectivity index (χ0v) is 17.9. The number of primary amides is 1. The van der Waals surface area contributed by atoms with E-state index in [1.165, 1.54) is 0 Å². The van der Waals surface area contributed by atoms with E-state index < -0.39 is 60.4 Å². The Morgan fingerprint density at radius 3 is 1.87 bits per heavy atom. The Balaban J connectivity index is 5.25. The molecule has 0 bridgehead atoms. The molecule has 30 heavy (non-hydrogen) atoms.